The Morgan fingerprint density at radius 1 is 1.25 bits per heavy atom. The lowest BCUT2D eigenvalue weighted by atomic mass is 10.1. The Hall–Kier alpha value is -2.70. The summed E-state index contributed by atoms with van der Waals surface area (Å²) in [6.45, 7) is 3.97. The number of pyridine rings is 1. The molecule has 0 radical (unpaired) electrons. The molecule has 20 heavy (non-hydrogen) atoms. The molecule has 0 fully saturated rings. The number of hydrogen-bond acceptors (Lipinski definition) is 4. The highest BCUT2D eigenvalue weighted by Crippen LogP contribution is 2.11. The van der Waals surface area contributed by atoms with Crippen molar-refractivity contribution in [2.75, 3.05) is 0 Å². The minimum atomic E-state index is -0.481. The zero-order valence-corrected chi connectivity index (χ0v) is 11.2. The molecule has 3 N–H and O–H groups in total. The Morgan fingerprint density at radius 3 is 2.60 bits per heavy atom. The van der Waals surface area contributed by atoms with E-state index in [4.69, 9.17) is 0 Å². The lowest BCUT2D eigenvalue weighted by molar-refractivity contribution is 0.0843. The van der Waals surface area contributed by atoms with Crippen LogP contribution in [-0.2, 0) is 0 Å². The van der Waals surface area contributed by atoms with Crippen LogP contribution in [0.5, 0.6) is 0 Å². The van der Waals surface area contributed by atoms with Gasteiger partial charge in [-0.15, -0.1) is 0 Å². The van der Waals surface area contributed by atoms with Gasteiger partial charge >= 0.3 is 0 Å². The number of aromatic nitrogens is 3. The van der Waals surface area contributed by atoms with E-state index in [1.54, 1.807) is 24.4 Å². The summed E-state index contributed by atoms with van der Waals surface area (Å²) in [5.41, 5.74) is 6.04. The Morgan fingerprint density at radius 2 is 2.00 bits per heavy atom. The zero-order chi connectivity index (χ0) is 14.5. The van der Waals surface area contributed by atoms with Gasteiger partial charge in [-0.2, -0.15) is 5.10 Å². The normalized spacial score (nSPS) is 10.3. The summed E-state index contributed by atoms with van der Waals surface area (Å²) in [4.78, 5) is 27.3. The summed E-state index contributed by atoms with van der Waals surface area (Å²) < 4.78 is 0. The maximum absolute atomic E-state index is 11.8. The molecule has 2 rings (SSSR count). The van der Waals surface area contributed by atoms with E-state index in [1.165, 1.54) is 6.20 Å². The minimum absolute atomic E-state index is 0.222. The minimum Gasteiger partial charge on any atom is -0.282 e. The Kier molecular flexibility index (Phi) is 4.09. The third-order valence-corrected chi connectivity index (χ3v) is 2.67. The molecule has 0 atom stereocenters. The lowest BCUT2D eigenvalue weighted by Crippen LogP contribution is -2.41. The third-order valence-electron chi connectivity index (χ3n) is 2.67. The standard InChI is InChI=1S/C13H15N5O2/c1-8(2)10-6-11(16-15-10)13(20)18-17-12(19)9-4-3-5-14-7-9/h3-8H,1-2H3,(H,15,16)(H,17,19)(H,18,20). The first-order valence-corrected chi connectivity index (χ1v) is 6.14. The number of hydrogen-bond donors (Lipinski definition) is 3. The molecular weight excluding hydrogens is 258 g/mol. The SMILES string of the molecule is CC(C)c1cc(C(=O)NNC(=O)c2cccnc2)n[nH]1. The first kappa shape index (κ1) is 13.7. The zero-order valence-electron chi connectivity index (χ0n) is 11.2. The number of aromatic amines is 1. The molecule has 0 aliphatic carbocycles. The monoisotopic (exact) mass is 273 g/mol. The van der Waals surface area contributed by atoms with Crippen LogP contribution < -0.4 is 10.9 Å². The van der Waals surface area contributed by atoms with Crippen molar-refractivity contribution in [1.29, 1.82) is 0 Å². The van der Waals surface area contributed by atoms with Gasteiger partial charge in [-0.25, -0.2) is 0 Å². The Bertz CT molecular complexity index is 606. The van der Waals surface area contributed by atoms with E-state index in [-0.39, 0.29) is 11.6 Å². The predicted octanol–water partition coefficient (Wildman–Crippen LogP) is 1.00. The highest BCUT2D eigenvalue weighted by molar-refractivity contribution is 5.98. The smallest absolute Gasteiger partial charge is 0.282 e. The quantitative estimate of drug-likeness (QED) is 0.726. The van der Waals surface area contributed by atoms with Crippen LogP contribution in [0.4, 0.5) is 0 Å². The number of carbonyl (C=O) groups is 2. The van der Waals surface area contributed by atoms with Gasteiger partial charge in [0.15, 0.2) is 5.69 Å². The highest BCUT2D eigenvalue weighted by Gasteiger charge is 2.13. The van der Waals surface area contributed by atoms with E-state index in [1.807, 2.05) is 13.8 Å². The Labute approximate surface area is 115 Å². The third kappa shape index (κ3) is 3.19. The fourth-order valence-corrected chi connectivity index (χ4v) is 1.50. The molecule has 0 aliphatic heterocycles. The second-order valence-electron chi connectivity index (χ2n) is 4.51. The van der Waals surface area contributed by atoms with Crippen molar-refractivity contribution in [2.24, 2.45) is 0 Å². The molecule has 2 amide bonds. The first-order valence-electron chi connectivity index (χ1n) is 6.14. The van der Waals surface area contributed by atoms with Crippen LogP contribution in [0.2, 0.25) is 0 Å². The van der Waals surface area contributed by atoms with Crippen LogP contribution in [-0.4, -0.2) is 27.0 Å². The van der Waals surface area contributed by atoms with Crippen molar-refractivity contribution in [3.05, 3.63) is 47.5 Å². The Balaban J connectivity index is 1.93. The van der Waals surface area contributed by atoms with Gasteiger partial charge in [0.05, 0.1) is 5.56 Å². The predicted molar refractivity (Wildman–Crippen MR) is 71.8 cm³/mol. The van der Waals surface area contributed by atoms with Gasteiger partial charge < -0.3 is 0 Å². The molecule has 0 unspecified atom stereocenters. The average molecular weight is 273 g/mol. The number of carbonyl (C=O) groups excluding carboxylic acids is 2. The number of hydrazine groups is 1. The van der Waals surface area contributed by atoms with Crippen molar-refractivity contribution < 1.29 is 9.59 Å². The van der Waals surface area contributed by atoms with Crippen LogP contribution in [0.3, 0.4) is 0 Å². The topological polar surface area (TPSA) is 99.8 Å². The molecule has 2 aromatic rings. The van der Waals surface area contributed by atoms with E-state index in [0.717, 1.165) is 5.69 Å². The molecule has 0 saturated heterocycles. The van der Waals surface area contributed by atoms with Crippen molar-refractivity contribution in [2.45, 2.75) is 19.8 Å². The second kappa shape index (κ2) is 5.96. The van der Waals surface area contributed by atoms with E-state index in [2.05, 4.69) is 26.0 Å². The number of rotatable bonds is 3. The summed E-state index contributed by atoms with van der Waals surface area (Å²) in [7, 11) is 0. The van der Waals surface area contributed by atoms with Gasteiger partial charge in [0, 0.05) is 18.1 Å². The van der Waals surface area contributed by atoms with E-state index >= 15 is 0 Å². The summed E-state index contributed by atoms with van der Waals surface area (Å²) in [6.07, 6.45) is 2.97. The van der Waals surface area contributed by atoms with Crippen LogP contribution in [0.15, 0.2) is 30.6 Å². The van der Waals surface area contributed by atoms with Gasteiger partial charge in [-0.05, 0) is 24.1 Å². The number of amides is 2. The largest absolute Gasteiger partial charge is 0.290 e. The van der Waals surface area contributed by atoms with Crippen LogP contribution in [0.25, 0.3) is 0 Å². The molecule has 7 nitrogen and oxygen atoms in total. The maximum Gasteiger partial charge on any atom is 0.290 e. The number of nitrogens with one attached hydrogen (secondary N) is 3. The molecule has 7 heteroatoms. The summed E-state index contributed by atoms with van der Waals surface area (Å²) in [5, 5.41) is 6.66. The number of H-pyrrole nitrogens is 1. The second-order valence-corrected chi connectivity index (χ2v) is 4.51. The van der Waals surface area contributed by atoms with Crippen molar-refractivity contribution >= 4 is 11.8 Å². The maximum atomic E-state index is 11.8. The molecule has 0 aromatic carbocycles. The van der Waals surface area contributed by atoms with Crippen LogP contribution in [0, 0.1) is 0 Å². The molecule has 2 aromatic heterocycles. The lowest BCUT2D eigenvalue weighted by Gasteiger charge is -2.05. The summed E-state index contributed by atoms with van der Waals surface area (Å²) in [6, 6.07) is 4.88. The van der Waals surface area contributed by atoms with Crippen molar-refractivity contribution in [3.63, 3.8) is 0 Å². The van der Waals surface area contributed by atoms with E-state index in [0.29, 0.717) is 5.56 Å². The first-order chi connectivity index (χ1) is 9.58. The fraction of sp³-hybridized carbons (Fsp3) is 0.231. The fourth-order valence-electron chi connectivity index (χ4n) is 1.50. The average Bonchev–Trinajstić information content (AvgIpc) is 2.95. The number of nitrogens with zero attached hydrogens (tertiary/aromatic N) is 2. The van der Waals surface area contributed by atoms with E-state index < -0.39 is 11.8 Å². The molecule has 0 bridgehead atoms. The van der Waals surface area contributed by atoms with Gasteiger partial charge in [0.2, 0.25) is 0 Å². The van der Waals surface area contributed by atoms with E-state index in [9.17, 15) is 9.59 Å². The highest BCUT2D eigenvalue weighted by atomic mass is 16.2. The molecule has 0 spiro atoms. The molecular formula is C13H15N5O2. The van der Waals surface area contributed by atoms with Crippen molar-refractivity contribution in [3.8, 4) is 0 Å². The molecule has 0 saturated carbocycles. The van der Waals surface area contributed by atoms with Gasteiger partial charge in [-0.3, -0.25) is 30.5 Å². The van der Waals surface area contributed by atoms with Crippen LogP contribution in [0.1, 0.15) is 46.3 Å². The molecule has 2 heterocycles. The van der Waals surface area contributed by atoms with Crippen LogP contribution >= 0.6 is 0 Å². The summed E-state index contributed by atoms with van der Waals surface area (Å²) >= 11 is 0. The molecule has 0 aliphatic rings. The van der Waals surface area contributed by atoms with Gasteiger partial charge in [0.25, 0.3) is 11.8 Å². The van der Waals surface area contributed by atoms with Crippen molar-refractivity contribution in [1.82, 2.24) is 26.0 Å². The molecule has 104 valence electrons. The van der Waals surface area contributed by atoms with Gasteiger partial charge in [-0.1, -0.05) is 13.8 Å². The van der Waals surface area contributed by atoms with Gasteiger partial charge in [0.1, 0.15) is 0 Å². The summed E-state index contributed by atoms with van der Waals surface area (Å²) in [5.74, 6) is -0.675.